The molecule has 0 amide bonds. The van der Waals surface area contributed by atoms with Gasteiger partial charge >= 0.3 is 0 Å². The molecule has 0 bridgehead atoms. The third-order valence-corrected chi connectivity index (χ3v) is 4.10. The molecule has 1 N–H and O–H groups in total. The van der Waals surface area contributed by atoms with Crippen LogP contribution in [0.1, 0.15) is 44.1 Å². The lowest BCUT2D eigenvalue weighted by molar-refractivity contribution is 0.405. The predicted molar refractivity (Wildman–Crippen MR) is 76.2 cm³/mol. The molecule has 1 aromatic rings. The Labute approximate surface area is 115 Å². The molecular formula is C16H24FNO. The number of benzene rings is 1. The average Bonchev–Trinajstić information content (AvgIpc) is 2.87. The van der Waals surface area contributed by atoms with Crippen molar-refractivity contribution in [1.29, 1.82) is 0 Å². The molecule has 0 heterocycles. The van der Waals surface area contributed by atoms with Gasteiger partial charge in [-0.1, -0.05) is 19.4 Å². The van der Waals surface area contributed by atoms with Crippen LogP contribution in [0.4, 0.5) is 4.39 Å². The van der Waals surface area contributed by atoms with Gasteiger partial charge < -0.3 is 10.1 Å². The molecule has 2 unspecified atom stereocenters. The van der Waals surface area contributed by atoms with Gasteiger partial charge in [0.05, 0.1) is 7.11 Å². The minimum Gasteiger partial charge on any atom is -0.497 e. The third kappa shape index (κ3) is 3.47. The molecular weight excluding hydrogens is 241 g/mol. The van der Waals surface area contributed by atoms with Gasteiger partial charge in [0, 0.05) is 6.07 Å². The quantitative estimate of drug-likeness (QED) is 0.792. The summed E-state index contributed by atoms with van der Waals surface area (Å²) in [6.45, 7) is 4.22. The Balaban J connectivity index is 2.06. The van der Waals surface area contributed by atoms with Crippen molar-refractivity contribution in [2.75, 3.05) is 20.2 Å². The van der Waals surface area contributed by atoms with Gasteiger partial charge in [0.25, 0.3) is 0 Å². The first-order valence-corrected chi connectivity index (χ1v) is 7.30. The zero-order valence-electron chi connectivity index (χ0n) is 11.9. The molecule has 3 heteroatoms. The topological polar surface area (TPSA) is 21.3 Å². The van der Waals surface area contributed by atoms with E-state index in [0.717, 1.165) is 31.5 Å². The molecule has 2 nitrogen and oxygen atoms in total. The zero-order valence-corrected chi connectivity index (χ0v) is 11.9. The molecule has 0 saturated heterocycles. The molecule has 19 heavy (non-hydrogen) atoms. The van der Waals surface area contributed by atoms with Crippen LogP contribution in [0.3, 0.4) is 0 Å². The second-order valence-corrected chi connectivity index (χ2v) is 5.39. The van der Waals surface area contributed by atoms with Crippen LogP contribution in [0.2, 0.25) is 0 Å². The maximum atomic E-state index is 14.2. The Morgan fingerprint density at radius 2 is 2.21 bits per heavy atom. The summed E-state index contributed by atoms with van der Waals surface area (Å²) in [5.41, 5.74) is 0.863. The Morgan fingerprint density at radius 1 is 1.37 bits per heavy atom. The molecule has 1 saturated carbocycles. The first-order chi connectivity index (χ1) is 9.26. The summed E-state index contributed by atoms with van der Waals surface area (Å²) in [4.78, 5) is 0. The molecule has 0 radical (unpaired) electrons. The number of rotatable bonds is 6. The van der Waals surface area contributed by atoms with Crippen LogP contribution in [0.25, 0.3) is 0 Å². The van der Waals surface area contributed by atoms with E-state index in [1.165, 1.54) is 18.9 Å². The van der Waals surface area contributed by atoms with Crippen LogP contribution in [0, 0.1) is 11.7 Å². The number of ether oxygens (including phenoxy) is 1. The van der Waals surface area contributed by atoms with Gasteiger partial charge in [0.1, 0.15) is 11.6 Å². The van der Waals surface area contributed by atoms with Crippen LogP contribution in [0.15, 0.2) is 18.2 Å². The van der Waals surface area contributed by atoms with Crippen LogP contribution in [-0.2, 0) is 0 Å². The van der Waals surface area contributed by atoms with Gasteiger partial charge in [-0.05, 0) is 55.8 Å². The van der Waals surface area contributed by atoms with Crippen molar-refractivity contribution in [3.63, 3.8) is 0 Å². The number of halogens is 1. The highest BCUT2D eigenvalue weighted by Gasteiger charge is 2.30. The number of hydrogen-bond donors (Lipinski definition) is 1. The van der Waals surface area contributed by atoms with Crippen molar-refractivity contribution >= 4 is 0 Å². The second-order valence-electron chi connectivity index (χ2n) is 5.39. The lowest BCUT2D eigenvalue weighted by Crippen LogP contribution is -2.25. The van der Waals surface area contributed by atoms with E-state index >= 15 is 0 Å². The molecule has 1 aromatic carbocycles. The minimum absolute atomic E-state index is 0.119. The minimum atomic E-state index is -0.119. The number of hydrogen-bond acceptors (Lipinski definition) is 2. The van der Waals surface area contributed by atoms with Crippen molar-refractivity contribution in [2.24, 2.45) is 5.92 Å². The predicted octanol–water partition coefficient (Wildman–Crippen LogP) is 3.72. The fraction of sp³-hybridized carbons (Fsp3) is 0.625. The van der Waals surface area contributed by atoms with Gasteiger partial charge in [-0.15, -0.1) is 0 Å². The molecule has 1 fully saturated rings. The van der Waals surface area contributed by atoms with E-state index in [1.54, 1.807) is 7.11 Å². The van der Waals surface area contributed by atoms with Crippen molar-refractivity contribution in [1.82, 2.24) is 5.32 Å². The van der Waals surface area contributed by atoms with E-state index in [1.807, 2.05) is 12.1 Å². The van der Waals surface area contributed by atoms with Gasteiger partial charge in [-0.2, -0.15) is 0 Å². The zero-order chi connectivity index (χ0) is 13.7. The maximum Gasteiger partial charge on any atom is 0.130 e. The van der Waals surface area contributed by atoms with E-state index in [4.69, 9.17) is 4.74 Å². The van der Waals surface area contributed by atoms with E-state index in [9.17, 15) is 4.39 Å². The molecule has 1 aliphatic carbocycles. The molecule has 0 spiro atoms. The molecule has 2 atom stereocenters. The lowest BCUT2D eigenvalue weighted by atomic mass is 9.88. The summed E-state index contributed by atoms with van der Waals surface area (Å²) in [6, 6.07) is 5.27. The van der Waals surface area contributed by atoms with Crippen molar-refractivity contribution < 1.29 is 9.13 Å². The second kappa shape index (κ2) is 6.90. The fourth-order valence-electron chi connectivity index (χ4n) is 3.09. The lowest BCUT2D eigenvalue weighted by Gasteiger charge is -2.21. The Morgan fingerprint density at radius 3 is 2.89 bits per heavy atom. The highest BCUT2D eigenvalue weighted by atomic mass is 19.1. The van der Waals surface area contributed by atoms with E-state index < -0.39 is 0 Å². The summed E-state index contributed by atoms with van der Waals surface area (Å²) in [5, 5.41) is 3.47. The number of methoxy groups -OCH3 is 1. The third-order valence-electron chi connectivity index (χ3n) is 4.10. The molecule has 106 valence electrons. The first kappa shape index (κ1) is 14.3. The van der Waals surface area contributed by atoms with Crippen molar-refractivity contribution in [3.05, 3.63) is 29.6 Å². The van der Waals surface area contributed by atoms with Gasteiger partial charge in [0.2, 0.25) is 0 Å². The molecule has 1 aliphatic rings. The van der Waals surface area contributed by atoms with Gasteiger partial charge in [-0.25, -0.2) is 4.39 Å². The smallest absolute Gasteiger partial charge is 0.130 e. The first-order valence-electron chi connectivity index (χ1n) is 7.30. The van der Waals surface area contributed by atoms with Crippen LogP contribution in [-0.4, -0.2) is 20.2 Å². The van der Waals surface area contributed by atoms with E-state index in [0.29, 0.717) is 17.6 Å². The monoisotopic (exact) mass is 265 g/mol. The standard InChI is InChI=1S/C16H24FNO/c1-3-9-18-11-12-5-4-6-14(12)15-8-7-13(19-2)10-16(15)17/h7-8,10,12,14,18H,3-6,9,11H2,1-2H3. The highest BCUT2D eigenvalue weighted by Crippen LogP contribution is 2.40. The summed E-state index contributed by atoms with van der Waals surface area (Å²) in [6.07, 6.45) is 4.65. The SMILES string of the molecule is CCCNCC1CCCC1c1ccc(OC)cc1F. The normalized spacial score (nSPS) is 22.7. The largest absolute Gasteiger partial charge is 0.497 e. The molecule has 2 rings (SSSR count). The van der Waals surface area contributed by atoms with E-state index in [-0.39, 0.29) is 5.82 Å². The van der Waals surface area contributed by atoms with Gasteiger partial charge in [-0.3, -0.25) is 0 Å². The Kier molecular flexibility index (Phi) is 5.20. The summed E-state index contributed by atoms with van der Waals surface area (Å²) < 4.78 is 19.2. The van der Waals surface area contributed by atoms with Crippen molar-refractivity contribution in [2.45, 2.75) is 38.5 Å². The van der Waals surface area contributed by atoms with Crippen molar-refractivity contribution in [3.8, 4) is 5.75 Å². The highest BCUT2D eigenvalue weighted by molar-refractivity contribution is 5.32. The van der Waals surface area contributed by atoms with Crippen LogP contribution >= 0.6 is 0 Å². The molecule has 0 aliphatic heterocycles. The van der Waals surface area contributed by atoms with Crippen LogP contribution < -0.4 is 10.1 Å². The molecule has 0 aromatic heterocycles. The summed E-state index contributed by atoms with van der Waals surface area (Å²) in [5.74, 6) is 1.40. The van der Waals surface area contributed by atoms with Gasteiger partial charge in [0.15, 0.2) is 0 Å². The average molecular weight is 265 g/mol. The van der Waals surface area contributed by atoms with E-state index in [2.05, 4.69) is 12.2 Å². The Hall–Kier alpha value is -1.09. The summed E-state index contributed by atoms with van der Waals surface area (Å²) in [7, 11) is 1.57. The van der Waals surface area contributed by atoms with Crippen LogP contribution in [0.5, 0.6) is 5.75 Å². The fourth-order valence-corrected chi connectivity index (χ4v) is 3.09. The maximum absolute atomic E-state index is 14.2. The Bertz CT molecular complexity index is 408. The number of nitrogens with one attached hydrogen (secondary N) is 1. The summed E-state index contributed by atoms with van der Waals surface area (Å²) >= 11 is 0.